The van der Waals surface area contributed by atoms with Crippen molar-refractivity contribution in [3.8, 4) is 0 Å². The minimum atomic E-state index is -0.584. The lowest BCUT2D eigenvalue weighted by Crippen LogP contribution is -2.29. The van der Waals surface area contributed by atoms with Crippen molar-refractivity contribution in [3.05, 3.63) is 26.6 Å². The molecule has 0 radical (unpaired) electrons. The Bertz CT molecular complexity index is 900. The molecule has 3 heterocycles. The third-order valence-electron chi connectivity index (χ3n) is 4.53. The Morgan fingerprint density at radius 3 is 2.92 bits per heavy atom. The molecule has 0 saturated carbocycles. The van der Waals surface area contributed by atoms with Crippen LogP contribution in [0.15, 0.2) is 4.79 Å². The summed E-state index contributed by atoms with van der Waals surface area (Å²) in [6, 6.07) is 0. The van der Waals surface area contributed by atoms with Gasteiger partial charge in [0.15, 0.2) is 6.61 Å². The van der Waals surface area contributed by atoms with Crippen LogP contribution < -0.4 is 10.9 Å². The van der Waals surface area contributed by atoms with E-state index in [9.17, 15) is 14.4 Å². The van der Waals surface area contributed by atoms with Crippen LogP contribution in [-0.2, 0) is 22.5 Å². The Morgan fingerprint density at radius 1 is 1.35 bits per heavy atom. The Balaban J connectivity index is 1.69. The summed E-state index contributed by atoms with van der Waals surface area (Å²) in [5, 5.41) is 3.21. The quantitative estimate of drug-likeness (QED) is 0.590. The number of hydrogen-bond donors (Lipinski definition) is 1. The molecule has 2 aromatic rings. The maximum Gasteiger partial charge on any atom is 0.349 e. The average Bonchev–Trinajstić information content (AvgIpc) is 3.22. The Morgan fingerprint density at radius 2 is 2.15 bits per heavy atom. The summed E-state index contributed by atoms with van der Waals surface area (Å²) in [7, 11) is 0. The van der Waals surface area contributed by atoms with Crippen molar-refractivity contribution in [2.24, 2.45) is 0 Å². The topological polar surface area (TPSA) is 90.3 Å². The Labute approximate surface area is 155 Å². The molecule has 1 N–H and O–H groups in total. The van der Waals surface area contributed by atoms with Crippen molar-refractivity contribution >= 4 is 33.4 Å². The predicted molar refractivity (Wildman–Crippen MR) is 99.8 cm³/mol. The van der Waals surface area contributed by atoms with Gasteiger partial charge in [0.1, 0.15) is 15.5 Å². The first-order valence-corrected chi connectivity index (χ1v) is 9.81. The second-order valence-corrected chi connectivity index (χ2v) is 7.46. The molecule has 26 heavy (non-hydrogen) atoms. The van der Waals surface area contributed by atoms with Gasteiger partial charge in [-0.1, -0.05) is 19.8 Å². The number of carbonyl (C=O) groups excluding carboxylic acids is 2. The molecule has 1 aliphatic rings. The molecular weight excluding hydrogens is 354 g/mol. The van der Waals surface area contributed by atoms with Gasteiger partial charge in [0.2, 0.25) is 0 Å². The standard InChI is InChI=1S/C18H23N3O4S/c1-3-4-5-8-19-13(22)10-25-18(24)15-11(2)14-16(26-15)20-12-7-6-9-21(12)17(14)23/h3-10H2,1-2H3,(H,19,22). The molecule has 0 bridgehead atoms. The number of aromatic nitrogens is 2. The summed E-state index contributed by atoms with van der Waals surface area (Å²) in [6.45, 7) is 4.75. The van der Waals surface area contributed by atoms with Gasteiger partial charge in [-0.05, 0) is 25.3 Å². The van der Waals surface area contributed by atoms with E-state index in [1.807, 2.05) is 0 Å². The number of nitrogens with one attached hydrogen (secondary N) is 1. The van der Waals surface area contributed by atoms with E-state index in [1.54, 1.807) is 11.5 Å². The van der Waals surface area contributed by atoms with Gasteiger partial charge < -0.3 is 10.1 Å². The summed E-state index contributed by atoms with van der Waals surface area (Å²) in [5.41, 5.74) is 0.488. The molecule has 1 amide bonds. The zero-order chi connectivity index (χ0) is 18.7. The molecule has 8 heteroatoms. The van der Waals surface area contributed by atoms with E-state index >= 15 is 0 Å². The fourth-order valence-corrected chi connectivity index (χ4v) is 4.20. The van der Waals surface area contributed by atoms with Gasteiger partial charge in [0.25, 0.3) is 11.5 Å². The van der Waals surface area contributed by atoms with Gasteiger partial charge in [-0.25, -0.2) is 9.78 Å². The predicted octanol–water partition coefficient (Wildman–Crippen LogP) is 2.18. The number of hydrogen-bond acceptors (Lipinski definition) is 6. The van der Waals surface area contributed by atoms with E-state index in [0.29, 0.717) is 33.7 Å². The third kappa shape index (κ3) is 3.65. The van der Waals surface area contributed by atoms with Crippen LogP contribution in [-0.4, -0.2) is 34.6 Å². The summed E-state index contributed by atoms with van der Waals surface area (Å²) >= 11 is 1.16. The van der Waals surface area contributed by atoms with Crippen molar-refractivity contribution in [2.45, 2.75) is 52.5 Å². The fourth-order valence-electron chi connectivity index (χ4n) is 3.12. The van der Waals surface area contributed by atoms with Crippen LogP contribution in [0.1, 0.15) is 53.7 Å². The Hall–Kier alpha value is -2.22. The molecule has 0 aromatic carbocycles. The van der Waals surface area contributed by atoms with Crippen molar-refractivity contribution < 1.29 is 14.3 Å². The van der Waals surface area contributed by atoms with Crippen molar-refractivity contribution in [3.63, 3.8) is 0 Å². The number of carbonyl (C=O) groups is 2. The summed E-state index contributed by atoms with van der Waals surface area (Å²) in [4.78, 5) is 42.2. The van der Waals surface area contributed by atoms with Gasteiger partial charge in [-0.2, -0.15) is 0 Å². The summed E-state index contributed by atoms with van der Waals surface area (Å²) in [5.74, 6) is -0.126. The molecule has 0 saturated heterocycles. The lowest BCUT2D eigenvalue weighted by atomic mass is 10.2. The molecule has 0 fully saturated rings. The van der Waals surface area contributed by atoms with Gasteiger partial charge in [-0.15, -0.1) is 11.3 Å². The van der Waals surface area contributed by atoms with Crippen LogP contribution in [0.5, 0.6) is 0 Å². The van der Waals surface area contributed by atoms with E-state index in [4.69, 9.17) is 4.74 Å². The van der Waals surface area contributed by atoms with E-state index in [2.05, 4.69) is 17.2 Å². The molecule has 3 rings (SSSR count). The zero-order valence-electron chi connectivity index (χ0n) is 15.1. The first-order valence-electron chi connectivity index (χ1n) is 8.99. The number of unbranched alkanes of at least 4 members (excludes halogenated alkanes) is 2. The largest absolute Gasteiger partial charge is 0.451 e. The highest BCUT2D eigenvalue weighted by Crippen LogP contribution is 2.29. The SMILES string of the molecule is CCCCCNC(=O)COC(=O)c1sc2nc3n(c(=O)c2c1C)CCC3. The average molecular weight is 377 g/mol. The maximum absolute atomic E-state index is 12.6. The minimum absolute atomic E-state index is 0.0935. The number of esters is 1. The van der Waals surface area contributed by atoms with Crippen LogP contribution in [0.3, 0.4) is 0 Å². The Kier molecular flexibility index (Phi) is 5.70. The monoisotopic (exact) mass is 377 g/mol. The van der Waals surface area contributed by atoms with Crippen LogP contribution in [0.4, 0.5) is 0 Å². The third-order valence-corrected chi connectivity index (χ3v) is 5.70. The van der Waals surface area contributed by atoms with E-state index in [-0.39, 0.29) is 18.1 Å². The normalized spacial score (nSPS) is 13.0. The molecule has 1 aliphatic heterocycles. The highest BCUT2D eigenvalue weighted by molar-refractivity contribution is 7.20. The highest BCUT2D eigenvalue weighted by atomic mass is 32.1. The molecule has 0 atom stereocenters. The number of rotatable bonds is 7. The maximum atomic E-state index is 12.6. The summed E-state index contributed by atoms with van der Waals surface area (Å²) < 4.78 is 6.80. The number of amides is 1. The molecule has 2 aromatic heterocycles. The van der Waals surface area contributed by atoms with E-state index < -0.39 is 5.97 Å². The van der Waals surface area contributed by atoms with Crippen molar-refractivity contribution in [2.75, 3.05) is 13.2 Å². The number of thiophene rings is 1. The van der Waals surface area contributed by atoms with Crippen LogP contribution >= 0.6 is 11.3 Å². The van der Waals surface area contributed by atoms with Crippen molar-refractivity contribution in [1.29, 1.82) is 0 Å². The number of aryl methyl sites for hydroxylation is 2. The first kappa shape index (κ1) is 18.6. The van der Waals surface area contributed by atoms with E-state index in [1.165, 1.54) is 0 Å². The van der Waals surface area contributed by atoms with Gasteiger partial charge in [-0.3, -0.25) is 14.2 Å². The molecule has 140 valence electrons. The van der Waals surface area contributed by atoms with Crippen LogP contribution in [0.2, 0.25) is 0 Å². The molecule has 7 nitrogen and oxygen atoms in total. The molecule has 0 spiro atoms. The van der Waals surface area contributed by atoms with E-state index in [0.717, 1.165) is 49.3 Å². The lowest BCUT2D eigenvalue weighted by Gasteiger charge is -2.06. The van der Waals surface area contributed by atoms with Crippen LogP contribution in [0, 0.1) is 6.92 Å². The lowest BCUT2D eigenvalue weighted by molar-refractivity contribution is -0.124. The zero-order valence-corrected chi connectivity index (χ0v) is 15.9. The second-order valence-electron chi connectivity index (χ2n) is 6.46. The smallest absolute Gasteiger partial charge is 0.349 e. The first-order chi connectivity index (χ1) is 12.5. The molecule has 0 unspecified atom stereocenters. The van der Waals surface area contributed by atoms with Crippen molar-refractivity contribution in [1.82, 2.24) is 14.9 Å². The summed E-state index contributed by atoms with van der Waals surface area (Å²) in [6.07, 6.45) is 4.73. The van der Waals surface area contributed by atoms with Gasteiger partial charge in [0, 0.05) is 19.5 Å². The number of fused-ring (bicyclic) bond motifs is 2. The molecular formula is C18H23N3O4S. The van der Waals surface area contributed by atoms with Gasteiger partial charge >= 0.3 is 5.97 Å². The number of nitrogens with zero attached hydrogens (tertiary/aromatic N) is 2. The highest BCUT2D eigenvalue weighted by Gasteiger charge is 2.24. The van der Waals surface area contributed by atoms with Crippen LogP contribution in [0.25, 0.3) is 10.2 Å². The van der Waals surface area contributed by atoms with Gasteiger partial charge in [0.05, 0.1) is 5.39 Å². The fraction of sp³-hybridized carbons (Fsp3) is 0.556. The second kappa shape index (κ2) is 7.99. The minimum Gasteiger partial charge on any atom is -0.451 e. The number of ether oxygens (including phenoxy) is 1. The molecule has 0 aliphatic carbocycles.